The summed E-state index contributed by atoms with van der Waals surface area (Å²) in [6.07, 6.45) is 1.07. The molecule has 1 rings (SSSR count). The molecular formula is C14H20N2O4S. The number of Topliss-reactive ketones (excluding diaryl/α,β-unsaturated/α-hetero) is 1. The van der Waals surface area contributed by atoms with Crippen molar-refractivity contribution in [2.75, 3.05) is 18.1 Å². The third-order valence-corrected chi connectivity index (χ3v) is 4.28. The molecule has 0 saturated heterocycles. The van der Waals surface area contributed by atoms with Crippen LogP contribution < -0.4 is 5.32 Å². The normalized spacial score (nSPS) is 11.7. The van der Waals surface area contributed by atoms with E-state index in [4.69, 9.17) is 0 Å². The average Bonchev–Trinajstić information content (AvgIpc) is 2.35. The van der Waals surface area contributed by atoms with E-state index < -0.39 is 15.9 Å². The molecule has 21 heavy (non-hydrogen) atoms. The average molecular weight is 312 g/mol. The van der Waals surface area contributed by atoms with Crippen LogP contribution in [0.4, 0.5) is 5.69 Å². The van der Waals surface area contributed by atoms with Crippen LogP contribution in [-0.2, 0) is 14.8 Å². The Bertz CT molecular complexity index is 621. The largest absolute Gasteiger partial charge is 0.325 e. The Morgan fingerprint density at radius 1 is 1.19 bits per heavy atom. The number of anilines is 1. The van der Waals surface area contributed by atoms with Crippen LogP contribution in [0.15, 0.2) is 24.3 Å². The van der Waals surface area contributed by atoms with Gasteiger partial charge in [-0.2, -0.15) is 4.31 Å². The molecular weight excluding hydrogens is 292 g/mol. The molecule has 0 spiro atoms. The van der Waals surface area contributed by atoms with Crippen molar-refractivity contribution in [1.29, 1.82) is 0 Å². The van der Waals surface area contributed by atoms with Crippen molar-refractivity contribution in [3.05, 3.63) is 29.8 Å². The topological polar surface area (TPSA) is 83.6 Å². The van der Waals surface area contributed by atoms with Gasteiger partial charge in [-0.3, -0.25) is 9.59 Å². The Morgan fingerprint density at radius 3 is 2.10 bits per heavy atom. The molecule has 7 heteroatoms. The quantitative estimate of drug-likeness (QED) is 0.807. The number of amides is 1. The van der Waals surface area contributed by atoms with E-state index in [9.17, 15) is 18.0 Å². The highest BCUT2D eigenvalue weighted by molar-refractivity contribution is 7.88. The highest BCUT2D eigenvalue weighted by Gasteiger charge is 2.23. The summed E-state index contributed by atoms with van der Waals surface area (Å²) in [6, 6.07) is 6.12. The predicted octanol–water partition coefficient (Wildman–Crippen LogP) is 1.50. The van der Waals surface area contributed by atoms with Crippen molar-refractivity contribution in [2.24, 2.45) is 0 Å². The number of carbonyl (C=O) groups excluding carboxylic acids is 2. The molecule has 0 saturated carbocycles. The minimum atomic E-state index is -3.44. The van der Waals surface area contributed by atoms with Gasteiger partial charge in [-0.25, -0.2) is 8.42 Å². The van der Waals surface area contributed by atoms with E-state index in [2.05, 4.69) is 5.32 Å². The molecule has 6 nitrogen and oxygen atoms in total. The third-order valence-electron chi connectivity index (χ3n) is 2.88. The highest BCUT2D eigenvalue weighted by Crippen LogP contribution is 2.11. The van der Waals surface area contributed by atoms with Crippen LogP contribution in [0.25, 0.3) is 0 Å². The number of nitrogens with one attached hydrogen (secondary N) is 1. The van der Waals surface area contributed by atoms with Crippen LogP contribution in [0.1, 0.15) is 31.1 Å². The van der Waals surface area contributed by atoms with Gasteiger partial charge in [-0.05, 0) is 45.0 Å². The number of rotatable bonds is 6. The van der Waals surface area contributed by atoms with Crippen molar-refractivity contribution in [1.82, 2.24) is 4.31 Å². The second-order valence-corrected chi connectivity index (χ2v) is 7.02. The fourth-order valence-corrected chi connectivity index (χ4v) is 2.93. The van der Waals surface area contributed by atoms with Crippen LogP contribution in [0.2, 0.25) is 0 Å². The summed E-state index contributed by atoms with van der Waals surface area (Å²) >= 11 is 0. The summed E-state index contributed by atoms with van der Waals surface area (Å²) in [5.74, 6) is -0.486. The smallest absolute Gasteiger partial charge is 0.239 e. The summed E-state index contributed by atoms with van der Waals surface area (Å²) < 4.78 is 24.3. The number of hydrogen-bond donors (Lipinski definition) is 1. The zero-order valence-electron chi connectivity index (χ0n) is 12.6. The standard InChI is InChI=1S/C14H20N2O4S/c1-10(2)16(21(4,19)20)9-14(18)15-13-7-5-12(6-8-13)11(3)17/h5-8,10H,9H2,1-4H3,(H,15,18). The second-order valence-electron chi connectivity index (χ2n) is 5.08. The number of benzene rings is 1. The molecule has 0 aliphatic heterocycles. The van der Waals surface area contributed by atoms with Crippen molar-refractivity contribution >= 4 is 27.4 Å². The summed E-state index contributed by atoms with van der Waals surface area (Å²) in [4.78, 5) is 23.1. The first kappa shape index (κ1) is 17.3. The minimum Gasteiger partial charge on any atom is -0.325 e. The molecule has 1 aromatic rings. The van der Waals surface area contributed by atoms with E-state index >= 15 is 0 Å². The van der Waals surface area contributed by atoms with Gasteiger partial charge < -0.3 is 5.32 Å². The van der Waals surface area contributed by atoms with Gasteiger partial charge in [0.1, 0.15) is 0 Å². The maximum atomic E-state index is 11.9. The monoisotopic (exact) mass is 312 g/mol. The summed E-state index contributed by atoms with van der Waals surface area (Å²) in [6.45, 7) is 4.62. The fourth-order valence-electron chi connectivity index (χ4n) is 1.81. The molecule has 0 aromatic heterocycles. The molecule has 0 unspecified atom stereocenters. The van der Waals surface area contributed by atoms with Gasteiger partial charge in [-0.15, -0.1) is 0 Å². The van der Waals surface area contributed by atoms with Gasteiger partial charge >= 0.3 is 0 Å². The van der Waals surface area contributed by atoms with Crippen molar-refractivity contribution < 1.29 is 18.0 Å². The first-order chi connectivity index (χ1) is 9.61. The summed E-state index contributed by atoms with van der Waals surface area (Å²) in [5.41, 5.74) is 1.06. The maximum absolute atomic E-state index is 11.9. The van der Waals surface area contributed by atoms with E-state index in [1.165, 1.54) is 6.92 Å². The summed E-state index contributed by atoms with van der Waals surface area (Å²) in [5, 5.41) is 2.61. The lowest BCUT2D eigenvalue weighted by atomic mass is 10.1. The fraction of sp³-hybridized carbons (Fsp3) is 0.429. The lowest BCUT2D eigenvalue weighted by Gasteiger charge is -2.23. The predicted molar refractivity (Wildman–Crippen MR) is 81.8 cm³/mol. The van der Waals surface area contributed by atoms with Crippen LogP contribution in [0.5, 0.6) is 0 Å². The molecule has 1 N–H and O–H groups in total. The lowest BCUT2D eigenvalue weighted by Crippen LogP contribution is -2.41. The lowest BCUT2D eigenvalue weighted by molar-refractivity contribution is -0.116. The molecule has 1 aromatic carbocycles. The Hall–Kier alpha value is -1.73. The first-order valence-electron chi connectivity index (χ1n) is 6.49. The van der Waals surface area contributed by atoms with Crippen LogP contribution in [0.3, 0.4) is 0 Å². The van der Waals surface area contributed by atoms with Gasteiger partial charge in [0.15, 0.2) is 5.78 Å². The number of nitrogens with zero attached hydrogens (tertiary/aromatic N) is 1. The molecule has 0 fully saturated rings. The van der Waals surface area contributed by atoms with Crippen LogP contribution in [-0.4, -0.2) is 43.3 Å². The maximum Gasteiger partial charge on any atom is 0.239 e. The van der Waals surface area contributed by atoms with Gasteiger partial charge in [0.2, 0.25) is 15.9 Å². The molecule has 0 aliphatic carbocycles. The van der Waals surface area contributed by atoms with Gasteiger partial charge in [0.25, 0.3) is 0 Å². The number of ketones is 1. The number of sulfonamides is 1. The molecule has 0 bridgehead atoms. The van der Waals surface area contributed by atoms with Crippen LogP contribution in [0, 0.1) is 0 Å². The Morgan fingerprint density at radius 2 is 1.71 bits per heavy atom. The first-order valence-corrected chi connectivity index (χ1v) is 8.33. The molecule has 0 radical (unpaired) electrons. The van der Waals surface area contributed by atoms with Crippen molar-refractivity contribution in [2.45, 2.75) is 26.8 Å². The van der Waals surface area contributed by atoms with Gasteiger partial charge in [-0.1, -0.05) is 0 Å². The molecule has 0 aliphatic rings. The van der Waals surface area contributed by atoms with E-state index in [0.29, 0.717) is 11.3 Å². The van der Waals surface area contributed by atoms with E-state index in [1.807, 2.05) is 0 Å². The van der Waals surface area contributed by atoms with Crippen molar-refractivity contribution in [3.8, 4) is 0 Å². The molecule has 116 valence electrons. The van der Waals surface area contributed by atoms with Gasteiger partial charge in [0.05, 0.1) is 12.8 Å². The number of hydrogen-bond acceptors (Lipinski definition) is 4. The van der Waals surface area contributed by atoms with Gasteiger partial charge in [0, 0.05) is 17.3 Å². The second kappa shape index (κ2) is 6.82. The zero-order chi connectivity index (χ0) is 16.2. The molecule has 0 atom stereocenters. The Kier molecular flexibility index (Phi) is 5.62. The van der Waals surface area contributed by atoms with E-state index in [-0.39, 0.29) is 18.4 Å². The molecule has 1 amide bonds. The van der Waals surface area contributed by atoms with Crippen LogP contribution >= 0.6 is 0 Å². The van der Waals surface area contributed by atoms with Crippen molar-refractivity contribution in [3.63, 3.8) is 0 Å². The molecule has 0 heterocycles. The zero-order valence-corrected chi connectivity index (χ0v) is 13.4. The number of carbonyl (C=O) groups is 2. The highest BCUT2D eigenvalue weighted by atomic mass is 32.2. The Balaban J connectivity index is 2.75. The summed E-state index contributed by atoms with van der Waals surface area (Å²) in [7, 11) is -3.44. The minimum absolute atomic E-state index is 0.0593. The third kappa shape index (κ3) is 5.28. The Labute approximate surface area is 125 Å². The van der Waals surface area contributed by atoms with E-state index in [1.54, 1.807) is 38.1 Å². The van der Waals surface area contributed by atoms with E-state index in [0.717, 1.165) is 10.6 Å². The SMILES string of the molecule is CC(=O)c1ccc(NC(=O)CN(C(C)C)S(C)(=O)=O)cc1.